The quantitative estimate of drug-likeness (QED) is 0.895. The highest BCUT2D eigenvalue weighted by Gasteiger charge is 2.39. The van der Waals surface area contributed by atoms with E-state index in [1.807, 2.05) is 0 Å². The smallest absolute Gasteiger partial charge is 0.251 e. The van der Waals surface area contributed by atoms with Gasteiger partial charge in [-0.3, -0.25) is 9.78 Å². The molecule has 2 aromatic rings. The standard InChI is InChI=1S/C18H18ClN3O2/c19-14-10-20-6-5-17(14)24-13-3-1-12(2-4-13)18(23)22-16-8-11-7-15(16)21-9-11/h1-6,10-11,15-16,21H,7-9H2,(H,22,23). The highest BCUT2D eigenvalue weighted by atomic mass is 35.5. The molecule has 2 N–H and O–H groups in total. The number of benzene rings is 1. The fourth-order valence-electron chi connectivity index (χ4n) is 3.51. The molecule has 1 saturated carbocycles. The molecule has 2 heterocycles. The number of piperidine rings is 1. The molecule has 5 nitrogen and oxygen atoms in total. The lowest BCUT2D eigenvalue weighted by atomic mass is 10.1. The summed E-state index contributed by atoms with van der Waals surface area (Å²) in [7, 11) is 0. The van der Waals surface area contributed by atoms with Gasteiger partial charge in [-0.05, 0) is 49.6 Å². The van der Waals surface area contributed by atoms with Crippen LogP contribution in [-0.4, -0.2) is 29.5 Å². The van der Waals surface area contributed by atoms with E-state index in [4.69, 9.17) is 16.3 Å². The van der Waals surface area contributed by atoms with E-state index in [1.165, 1.54) is 12.6 Å². The fraction of sp³-hybridized carbons (Fsp3) is 0.333. The largest absolute Gasteiger partial charge is 0.456 e. The van der Waals surface area contributed by atoms with Gasteiger partial charge in [-0.2, -0.15) is 0 Å². The number of rotatable bonds is 4. The number of nitrogens with one attached hydrogen (secondary N) is 2. The first-order chi connectivity index (χ1) is 11.7. The molecule has 1 aromatic heterocycles. The zero-order chi connectivity index (χ0) is 16.5. The monoisotopic (exact) mass is 343 g/mol. The molecule has 1 aliphatic heterocycles. The summed E-state index contributed by atoms with van der Waals surface area (Å²) in [5.74, 6) is 1.84. The van der Waals surface area contributed by atoms with Crippen LogP contribution >= 0.6 is 11.6 Å². The third-order valence-corrected chi connectivity index (χ3v) is 5.01. The Morgan fingerprint density at radius 1 is 1.25 bits per heavy atom. The van der Waals surface area contributed by atoms with Crippen molar-refractivity contribution in [3.8, 4) is 11.5 Å². The van der Waals surface area contributed by atoms with Gasteiger partial charge in [0.25, 0.3) is 5.91 Å². The lowest BCUT2D eigenvalue weighted by Gasteiger charge is -2.24. The lowest BCUT2D eigenvalue weighted by molar-refractivity contribution is 0.0928. The third-order valence-electron chi connectivity index (χ3n) is 4.73. The van der Waals surface area contributed by atoms with Crippen LogP contribution in [0.3, 0.4) is 0 Å². The SMILES string of the molecule is O=C(NC1CC2CNC1C2)c1ccc(Oc2ccncc2Cl)cc1. The predicted octanol–water partition coefficient (Wildman–Crippen LogP) is 3.01. The molecule has 24 heavy (non-hydrogen) atoms. The zero-order valence-corrected chi connectivity index (χ0v) is 13.8. The first kappa shape index (κ1) is 15.4. The maximum atomic E-state index is 12.4. The van der Waals surface area contributed by atoms with Crippen LogP contribution in [0.25, 0.3) is 0 Å². The van der Waals surface area contributed by atoms with Crippen LogP contribution in [0, 0.1) is 5.92 Å². The summed E-state index contributed by atoms with van der Waals surface area (Å²) in [5, 5.41) is 7.03. The highest BCUT2D eigenvalue weighted by molar-refractivity contribution is 6.31. The molecule has 2 aliphatic rings. The van der Waals surface area contributed by atoms with E-state index in [-0.39, 0.29) is 11.9 Å². The summed E-state index contributed by atoms with van der Waals surface area (Å²) in [5.41, 5.74) is 0.631. The molecule has 2 bridgehead atoms. The zero-order valence-electron chi connectivity index (χ0n) is 13.0. The van der Waals surface area contributed by atoms with Crippen molar-refractivity contribution in [2.45, 2.75) is 24.9 Å². The summed E-state index contributed by atoms with van der Waals surface area (Å²) in [6.07, 6.45) is 5.39. The summed E-state index contributed by atoms with van der Waals surface area (Å²) >= 11 is 6.02. The van der Waals surface area contributed by atoms with Crippen LogP contribution < -0.4 is 15.4 Å². The van der Waals surface area contributed by atoms with Crippen LogP contribution in [0.5, 0.6) is 11.5 Å². The second-order valence-corrected chi connectivity index (χ2v) is 6.77. The number of hydrogen-bond donors (Lipinski definition) is 2. The molecule has 6 heteroatoms. The van der Waals surface area contributed by atoms with Gasteiger partial charge in [0.2, 0.25) is 0 Å². The Balaban J connectivity index is 1.40. The Bertz CT molecular complexity index is 750. The van der Waals surface area contributed by atoms with E-state index >= 15 is 0 Å². The Morgan fingerprint density at radius 2 is 2.08 bits per heavy atom. The Morgan fingerprint density at radius 3 is 2.75 bits per heavy atom. The maximum Gasteiger partial charge on any atom is 0.251 e. The number of fused-ring (bicyclic) bond motifs is 2. The van der Waals surface area contributed by atoms with Crippen molar-refractivity contribution in [3.05, 3.63) is 53.3 Å². The molecule has 4 rings (SSSR count). The van der Waals surface area contributed by atoms with E-state index in [2.05, 4.69) is 15.6 Å². The van der Waals surface area contributed by atoms with Crippen molar-refractivity contribution in [2.24, 2.45) is 5.92 Å². The van der Waals surface area contributed by atoms with Crippen LogP contribution in [-0.2, 0) is 0 Å². The minimum atomic E-state index is -0.0390. The van der Waals surface area contributed by atoms with E-state index in [9.17, 15) is 4.79 Å². The topological polar surface area (TPSA) is 63.2 Å². The number of amides is 1. The van der Waals surface area contributed by atoms with Gasteiger partial charge in [-0.1, -0.05) is 11.6 Å². The van der Waals surface area contributed by atoms with Crippen molar-refractivity contribution in [2.75, 3.05) is 6.54 Å². The van der Waals surface area contributed by atoms with Crippen molar-refractivity contribution in [1.29, 1.82) is 0 Å². The van der Waals surface area contributed by atoms with Crippen molar-refractivity contribution in [1.82, 2.24) is 15.6 Å². The number of ether oxygens (including phenoxy) is 1. The van der Waals surface area contributed by atoms with E-state index in [0.29, 0.717) is 34.0 Å². The van der Waals surface area contributed by atoms with E-state index in [0.717, 1.165) is 13.0 Å². The van der Waals surface area contributed by atoms with Gasteiger partial charge < -0.3 is 15.4 Å². The molecule has 1 saturated heterocycles. The Hall–Kier alpha value is -2.11. The minimum absolute atomic E-state index is 0.0390. The lowest BCUT2D eigenvalue weighted by Crippen LogP contribution is -2.47. The van der Waals surface area contributed by atoms with Crippen LogP contribution in [0.1, 0.15) is 23.2 Å². The number of halogens is 1. The minimum Gasteiger partial charge on any atom is -0.456 e. The summed E-state index contributed by atoms with van der Waals surface area (Å²) in [6.45, 7) is 1.08. The number of carbonyl (C=O) groups excluding carboxylic acids is 1. The van der Waals surface area contributed by atoms with Gasteiger partial charge in [-0.15, -0.1) is 0 Å². The van der Waals surface area contributed by atoms with Crippen LogP contribution in [0.15, 0.2) is 42.7 Å². The first-order valence-electron chi connectivity index (χ1n) is 8.11. The summed E-state index contributed by atoms with van der Waals surface area (Å²) in [6, 6.07) is 9.43. The van der Waals surface area contributed by atoms with Gasteiger partial charge in [0.1, 0.15) is 16.5 Å². The highest BCUT2D eigenvalue weighted by Crippen LogP contribution is 2.31. The summed E-state index contributed by atoms with van der Waals surface area (Å²) < 4.78 is 5.70. The van der Waals surface area contributed by atoms with Crippen LogP contribution in [0.4, 0.5) is 0 Å². The number of hydrogen-bond acceptors (Lipinski definition) is 4. The molecule has 124 valence electrons. The van der Waals surface area contributed by atoms with Crippen molar-refractivity contribution >= 4 is 17.5 Å². The summed E-state index contributed by atoms with van der Waals surface area (Å²) in [4.78, 5) is 16.3. The molecule has 3 atom stereocenters. The third kappa shape index (κ3) is 3.09. The van der Waals surface area contributed by atoms with Gasteiger partial charge in [-0.25, -0.2) is 0 Å². The molecule has 3 unspecified atom stereocenters. The van der Waals surface area contributed by atoms with E-state index < -0.39 is 0 Å². The molecule has 0 spiro atoms. The Labute approximate surface area is 145 Å². The van der Waals surface area contributed by atoms with Crippen LogP contribution in [0.2, 0.25) is 5.02 Å². The first-order valence-corrected chi connectivity index (χ1v) is 8.48. The number of pyridine rings is 1. The number of aromatic nitrogens is 1. The van der Waals surface area contributed by atoms with Gasteiger partial charge in [0.15, 0.2) is 0 Å². The second-order valence-electron chi connectivity index (χ2n) is 6.36. The maximum absolute atomic E-state index is 12.4. The van der Waals surface area contributed by atoms with E-state index in [1.54, 1.807) is 36.5 Å². The Kier molecular flexibility index (Phi) is 4.12. The molecule has 1 aliphatic carbocycles. The molecular weight excluding hydrogens is 326 g/mol. The van der Waals surface area contributed by atoms with Crippen molar-refractivity contribution < 1.29 is 9.53 Å². The number of nitrogens with zero attached hydrogens (tertiary/aromatic N) is 1. The molecule has 0 radical (unpaired) electrons. The normalized spacial score (nSPS) is 24.8. The average Bonchev–Trinajstić information content (AvgIpc) is 3.20. The molecule has 1 aromatic carbocycles. The average molecular weight is 344 g/mol. The predicted molar refractivity (Wildman–Crippen MR) is 91.5 cm³/mol. The molecule has 1 amide bonds. The number of carbonyl (C=O) groups is 1. The van der Waals surface area contributed by atoms with Gasteiger partial charge in [0.05, 0.1) is 0 Å². The molecular formula is C18H18ClN3O2. The van der Waals surface area contributed by atoms with Crippen molar-refractivity contribution in [3.63, 3.8) is 0 Å². The van der Waals surface area contributed by atoms with Gasteiger partial charge in [0, 0.05) is 36.1 Å². The van der Waals surface area contributed by atoms with Gasteiger partial charge >= 0.3 is 0 Å². The second kappa shape index (κ2) is 6.42. The molecule has 2 fully saturated rings. The fourth-order valence-corrected chi connectivity index (χ4v) is 3.67.